The minimum Gasteiger partial charge on any atom is -0.462 e. The number of carbonyl (C=O) groups excluding carboxylic acids is 2. The molecule has 28 heavy (non-hydrogen) atoms. The zero-order valence-corrected chi connectivity index (χ0v) is 17.3. The van der Waals surface area contributed by atoms with Crippen molar-refractivity contribution in [1.82, 2.24) is 0 Å². The number of nitrogens with zero attached hydrogens (tertiary/aromatic N) is 1. The van der Waals surface area contributed by atoms with Crippen molar-refractivity contribution in [2.45, 2.75) is 13.8 Å². The van der Waals surface area contributed by atoms with Crippen LogP contribution in [0.3, 0.4) is 0 Å². The molecule has 0 radical (unpaired) electrons. The van der Waals surface area contributed by atoms with Crippen LogP contribution < -0.4 is 9.62 Å². The Hall–Kier alpha value is -2.58. The monoisotopic (exact) mass is 424 g/mol. The number of halogens is 1. The van der Waals surface area contributed by atoms with Gasteiger partial charge >= 0.3 is 5.97 Å². The summed E-state index contributed by atoms with van der Waals surface area (Å²) in [5.74, 6) is -1.17. The summed E-state index contributed by atoms with van der Waals surface area (Å²) < 4.78 is 30.4. The molecule has 0 spiro atoms. The molecule has 0 saturated carbocycles. The van der Waals surface area contributed by atoms with Crippen LogP contribution in [0.5, 0.6) is 0 Å². The first-order valence-corrected chi connectivity index (χ1v) is 10.7. The van der Waals surface area contributed by atoms with Gasteiger partial charge in [-0.25, -0.2) is 13.2 Å². The number of anilines is 2. The Labute approximate surface area is 169 Å². The molecule has 0 unspecified atom stereocenters. The number of benzene rings is 2. The summed E-state index contributed by atoms with van der Waals surface area (Å²) in [4.78, 5) is 24.4. The van der Waals surface area contributed by atoms with Crippen LogP contribution in [-0.2, 0) is 19.6 Å². The quantitative estimate of drug-likeness (QED) is 0.689. The second kappa shape index (κ2) is 9.07. The lowest BCUT2D eigenvalue weighted by atomic mass is 10.2. The van der Waals surface area contributed by atoms with Gasteiger partial charge in [-0.15, -0.1) is 0 Å². The van der Waals surface area contributed by atoms with Gasteiger partial charge in [0, 0.05) is 5.69 Å². The lowest BCUT2D eigenvalue weighted by Crippen LogP contribution is -2.37. The predicted molar refractivity (Wildman–Crippen MR) is 109 cm³/mol. The van der Waals surface area contributed by atoms with Crippen LogP contribution in [0.25, 0.3) is 0 Å². The fourth-order valence-corrected chi connectivity index (χ4v) is 3.63. The molecular weight excluding hydrogens is 404 g/mol. The first-order valence-electron chi connectivity index (χ1n) is 8.43. The van der Waals surface area contributed by atoms with Crippen molar-refractivity contribution < 1.29 is 22.7 Å². The van der Waals surface area contributed by atoms with Crippen molar-refractivity contribution in [3.8, 4) is 0 Å². The number of nitrogens with one attached hydrogen (secondary N) is 1. The normalized spacial score (nSPS) is 11.0. The number of amides is 1. The fraction of sp³-hybridized carbons (Fsp3) is 0.263. The van der Waals surface area contributed by atoms with Gasteiger partial charge < -0.3 is 10.1 Å². The Morgan fingerprint density at radius 3 is 2.46 bits per heavy atom. The van der Waals surface area contributed by atoms with Gasteiger partial charge in [0.15, 0.2) is 0 Å². The molecule has 2 aromatic carbocycles. The Morgan fingerprint density at radius 2 is 1.86 bits per heavy atom. The van der Waals surface area contributed by atoms with E-state index in [2.05, 4.69) is 5.32 Å². The molecule has 1 N–H and O–H groups in total. The van der Waals surface area contributed by atoms with Gasteiger partial charge in [0.25, 0.3) is 0 Å². The van der Waals surface area contributed by atoms with Gasteiger partial charge in [-0.05, 0) is 43.7 Å². The predicted octanol–water partition coefficient (Wildman–Crippen LogP) is 3.23. The van der Waals surface area contributed by atoms with E-state index in [9.17, 15) is 18.0 Å². The van der Waals surface area contributed by atoms with E-state index in [0.717, 1.165) is 16.1 Å². The summed E-state index contributed by atoms with van der Waals surface area (Å²) in [5.41, 5.74) is 1.55. The van der Waals surface area contributed by atoms with Crippen LogP contribution >= 0.6 is 11.6 Å². The summed E-state index contributed by atoms with van der Waals surface area (Å²) in [6, 6.07) is 11.2. The molecule has 0 aliphatic heterocycles. The fourth-order valence-electron chi connectivity index (χ4n) is 2.52. The summed E-state index contributed by atoms with van der Waals surface area (Å²) in [7, 11) is -3.69. The van der Waals surface area contributed by atoms with Crippen LogP contribution in [0, 0.1) is 6.92 Å². The maximum absolute atomic E-state index is 12.5. The van der Waals surface area contributed by atoms with Crippen molar-refractivity contribution in [3.63, 3.8) is 0 Å². The highest BCUT2D eigenvalue weighted by Crippen LogP contribution is 2.23. The third kappa shape index (κ3) is 5.46. The number of sulfonamides is 1. The molecule has 0 aliphatic carbocycles. The molecule has 2 rings (SSSR count). The van der Waals surface area contributed by atoms with Crippen molar-refractivity contribution >= 4 is 44.9 Å². The topological polar surface area (TPSA) is 92.8 Å². The second-order valence-corrected chi connectivity index (χ2v) is 8.33. The molecule has 0 atom stereocenters. The average molecular weight is 425 g/mol. The highest BCUT2D eigenvalue weighted by atomic mass is 35.5. The molecule has 0 bridgehead atoms. The molecule has 1 amide bonds. The Bertz CT molecular complexity index is 992. The van der Waals surface area contributed by atoms with Gasteiger partial charge in [-0.2, -0.15) is 0 Å². The Kier molecular flexibility index (Phi) is 7.04. The number of ether oxygens (including phenoxy) is 1. The highest BCUT2D eigenvalue weighted by Gasteiger charge is 2.22. The number of rotatable bonds is 7. The summed E-state index contributed by atoms with van der Waals surface area (Å²) in [6.45, 7) is 3.20. The summed E-state index contributed by atoms with van der Waals surface area (Å²) in [5, 5.41) is 2.78. The zero-order valence-electron chi connectivity index (χ0n) is 15.7. The number of esters is 1. The molecule has 0 aromatic heterocycles. The third-order valence-electron chi connectivity index (χ3n) is 3.82. The van der Waals surface area contributed by atoms with Gasteiger partial charge in [-0.1, -0.05) is 29.8 Å². The highest BCUT2D eigenvalue weighted by molar-refractivity contribution is 7.92. The van der Waals surface area contributed by atoms with E-state index < -0.39 is 28.4 Å². The lowest BCUT2D eigenvalue weighted by molar-refractivity contribution is -0.114. The maximum atomic E-state index is 12.5. The SMILES string of the molecule is CCOC(=O)c1cc(NC(=O)CN(c2ccccc2C)S(C)(=O)=O)ccc1Cl. The van der Waals surface area contributed by atoms with Crippen LogP contribution in [0.1, 0.15) is 22.8 Å². The largest absolute Gasteiger partial charge is 0.462 e. The lowest BCUT2D eigenvalue weighted by Gasteiger charge is -2.23. The molecule has 7 nitrogen and oxygen atoms in total. The van der Waals surface area contributed by atoms with E-state index >= 15 is 0 Å². The maximum Gasteiger partial charge on any atom is 0.339 e. The Morgan fingerprint density at radius 1 is 1.18 bits per heavy atom. The Balaban J connectivity index is 2.23. The summed E-state index contributed by atoms with van der Waals surface area (Å²) in [6.07, 6.45) is 1.04. The van der Waals surface area contributed by atoms with Crippen molar-refractivity contribution in [2.75, 3.05) is 29.0 Å². The van der Waals surface area contributed by atoms with E-state index in [-0.39, 0.29) is 17.2 Å². The first-order chi connectivity index (χ1) is 13.1. The van der Waals surface area contributed by atoms with E-state index in [1.54, 1.807) is 38.1 Å². The molecule has 0 heterocycles. The van der Waals surface area contributed by atoms with Gasteiger partial charge in [0.1, 0.15) is 6.54 Å². The van der Waals surface area contributed by atoms with Gasteiger partial charge in [0.05, 0.1) is 29.1 Å². The summed E-state index contributed by atoms with van der Waals surface area (Å²) >= 11 is 6.00. The van der Waals surface area contributed by atoms with Crippen LogP contribution in [-0.4, -0.2) is 39.7 Å². The van der Waals surface area contributed by atoms with E-state index in [1.165, 1.54) is 18.2 Å². The number of hydrogen-bond donors (Lipinski definition) is 1. The van der Waals surface area contributed by atoms with Gasteiger partial charge in [-0.3, -0.25) is 9.10 Å². The van der Waals surface area contributed by atoms with E-state index in [1.807, 2.05) is 0 Å². The standard InChI is InChI=1S/C19H21ClN2O5S/c1-4-27-19(24)15-11-14(9-10-16(15)20)21-18(23)12-22(28(3,25)26)17-8-6-5-7-13(17)2/h5-11H,4,12H2,1-3H3,(H,21,23). The molecule has 2 aromatic rings. The number of carbonyl (C=O) groups is 2. The molecule has 150 valence electrons. The average Bonchev–Trinajstić information content (AvgIpc) is 2.61. The molecule has 0 saturated heterocycles. The number of hydrogen-bond acceptors (Lipinski definition) is 5. The van der Waals surface area contributed by atoms with Crippen LogP contribution in [0.15, 0.2) is 42.5 Å². The molecular formula is C19H21ClN2O5S. The smallest absolute Gasteiger partial charge is 0.339 e. The zero-order chi connectivity index (χ0) is 20.9. The second-order valence-electron chi connectivity index (χ2n) is 6.02. The van der Waals surface area contributed by atoms with Gasteiger partial charge in [0.2, 0.25) is 15.9 Å². The minimum atomic E-state index is -3.69. The van der Waals surface area contributed by atoms with E-state index in [0.29, 0.717) is 11.4 Å². The first kappa shape index (κ1) is 21.7. The van der Waals surface area contributed by atoms with Crippen LogP contribution in [0.4, 0.5) is 11.4 Å². The number of aryl methyl sites for hydroxylation is 1. The van der Waals surface area contributed by atoms with E-state index in [4.69, 9.17) is 16.3 Å². The molecule has 0 fully saturated rings. The molecule has 9 heteroatoms. The molecule has 0 aliphatic rings. The van der Waals surface area contributed by atoms with Crippen molar-refractivity contribution in [2.24, 2.45) is 0 Å². The van der Waals surface area contributed by atoms with Crippen molar-refractivity contribution in [1.29, 1.82) is 0 Å². The van der Waals surface area contributed by atoms with Crippen molar-refractivity contribution in [3.05, 3.63) is 58.6 Å². The number of para-hydroxylation sites is 1. The third-order valence-corrected chi connectivity index (χ3v) is 5.27. The van der Waals surface area contributed by atoms with Crippen LogP contribution in [0.2, 0.25) is 5.02 Å². The minimum absolute atomic E-state index is 0.111.